The summed E-state index contributed by atoms with van der Waals surface area (Å²) in [5.41, 5.74) is 0. The van der Waals surface area contributed by atoms with Gasteiger partial charge in [0.25, 0.3) is 11.8 Å². The fourth-order valence-electron chi connectivity index (χ4n) is 3.77. The lowest BCUT2D eigenvalue weighted by molar-refractivity contribution is -0.123. The van der Waals surface area contributed by atoms with Gasteiger partial charge in [0.2, 0.25) is 0 Å². The first-order valence-electron chi connectivity index (χ1n) is 9.29. The van der Waals surface area contributed by atoms with E-state index >= 15 is 0 Å². The Kier molecular flexibility index (Phi) is 5.86. The summed E-state index contributed by atoms with van der Waals surface area (Å²) in [6, 6.07) is -1.98. The van der Waals surface area contributed by atoms with Crippen molar-refractivity contribution in [2.24, 2.45) is 11.8 Å². The molecule has 1 saturated carbocycles. The van der Waals surface area contributed by atoms with Crippen LogP contribution in [0.3, 0.4) is 0 Å². The van der Waals surface area contributed by atoms with E-state index in [-0.39, 0.29) is 35.2 Å². The minimum atomic E-state index is -0.545. The molecule has 3 fully saturated rings. The maximum atomic E-state index is 11.3. The molecular weight excluding hydrogens is 368 g/mol. The van der Waals surface area contributed by atoms with Gasteiger partial charge in [-0.3, -0.25) is 29.8 Å². The van der Waals surface area contributed by atoms with Gasteiger partial charge in [-0.25, -0.2) is 9.59 Å². The second kappa shape index (κ2) is 8.32. The molecule has 4 atom stereocenters. The summed E-state index contributed by atoms with van der Waals surface area (Å²) in [5, 5.41) is 9.26. The lowest BCUT2D eigenvalue weighted by Gasteiger charge is -2.11. The van der Waals surface area contributed by atoms with Gasteiger partial charge in [0.15, 0.2) is 5.78 Å². The molecule has 4 N–H and O–H groups in total. The highest BCUT2D eigenvalue weighted by atomic mass is 16.2. The van der Waals surface area contributed by atoms with Crippen LogP contribution in [0.2, 0.25) is 0 Å². The fourth-order valence-corrected chi connectivity index (χ4v) is 3.77. The standard InChI is InChI=1S/C9H12N2O3.C9H10N2O3/c2*12-7-3-1-2-5(7)4-6-8(13)11-9(14)10-6/h5-6H,1-4H2,(H2,10,11,13,14);1,3,5-6H,2,4H2,(H2,10,11,13,14). The number of ketones is 2. The van der Waals surface area contributed by atoms with E-state index in [4.69, 9.17) is 0 Å². The second-order valence-electron chi connectivity index (χ2n) is 7.29. The Balaban J connectivity index is 0.000000161. The van der Waals surface area contributed by atoms with E-state index in [1.54, 1.807) is 6.08 Å². The number of Topliss-reactive ketones (excluding diaryl/α,β-unsaturated/α-hetero) is 1. The highest BCUT2D eigenvalue weighted by molar-refractivity contribution is 6.05. The number of carbonyl (C=O) groups excluding carboxylic acids is 6. The molecule has 0 spiro atoms. The molecule has 2 aliphatic carbocycles. The molecule has 2 aliphatic heterocycles. The van der Waals surface area contributed by atoms with E-state index < -0.39 is 24.1 Å². The second-order valence-corrected chi connectivity index (χ2v) is 7.29. The van der Waals surface area contributed by atoms with Crippen molar-refractivity contribution in [3.63, 3.8) is 0 Å². The average molecular weight is 390 g/mol. The molecule has 150 valence electrons. The van der Waals surface area contributed by atoms with Gasteiger partial charge in [0.1, 0.15) is 17.9 Å². The molecule has 28 heavy (non-hydrogen) atoms. The van der Waals surface area contributed by atoms with Crippen LogP contribution in [0.4, 0.5) is 9.59 Å². The van der Waals surface area contributed by atoms with Crippen LogP contribution in [-0.2, 0) is 19.2 Å². The van der Waals surface area contributed by atoms with Gasteiger partial charge in [0, 0.05) is 18.3 Å². The zero-order valence-electron chi connectivity index (χ0n) is 15.2. The number of urea groups is 2. The summed E-state index contributed by atoms with van der Waals surface area (Å²) < 4.78 is 0. The average Bonchev–Trinajstić information content (AvgIpc) is 3.36. The minimum Gasteiger partial charge on any atom is -0.326 e. The smallest absolute Gasteiger partial charge is 0.322 e. The van der Waals surface area contributed by atoms with E-state index in [1.165, 1.54) is 6.08 Å². The van der Waals surface area contributed by atoms with Crippen LogP contribution in [0, 0.1) is 11.8 Å². The van der Waals surface area contributed by atoms with Crippen molar-refractivity contribution in [3.8, 4) is 0 Å². The molecule has 10 nitrogen and oxygen atoms in total. The number of imide groups is 2. The zero-order chi connectivity index (χ0) is 20.3. The fraction of sp³-hybridized carbons (Fsp3) is 0.556. The summed E-state index contributed by atoms with van der Waals surface area (Å²) in [7, 11) is 0. The Labute approximate surface area is 160 Å². The molecule has 2 heterocycles. The van der Waals surface area contributed by atoms with Gasteiger partial charge in [0.05, 0.1) is 0 Å². The Bertz CT molecular complexity index is 725. The third-order valence-electron chi connectivity index (χ3n) is 5.29. The summed E-state index contributed by atoms with van der Waals surface area (Å²) in [5.74, 6) is -0.574. The topological polar surface area (TPSA) is 151 Å². The third-order valence-corrected chi connectivity index (χ3v) is 5.29. The third kappa shape index (κ3) is 4.62. The van der Waals surface area contributed by atoms with E-state index in [0.29, 0.717) is 25.7 Å². The quantitative estimate of drug-likeness (QED) is 0.483. The number of carbonyl (C=O) groups is 6. The molecule has 6 amide bonds. The van der Waals surface area contributed by atoms with E-state index in [2.05, 4.69) is 21.3 Å². The van der Waals surface area contributed by atoms with Gasteiger partial charge >= 0.3 is 12.1 Å². The van der Waals surface area contributed by atoms with Gasteiger partial charge in [-0.05, 0) is 38.2 Å². The lowest BCUT2D eigenvalue weighted by atomic mass is 9.97. The maximum absolute atomic E-state index is 11.3. The van der Waals surface area contributed by atoms with Crippen LogP contribution >= 0.6 is 0 Å². The number of allylic oxidation sites excluding steroid dienone is 2. The number of amides is 6. The first-order valence-corrected chi connectivity index (χ1v) is 9.29. The largest absolute Gasteiger partial charge is 0.326 e. The predicted molar refractivity (Wildman–Crippen MR) is 94.8 cm³/mol. The van der Waals surface area contributed by atoms with Crippen LogP contribution in [0.5, 0.6) is 0 Å². The van der Waals surface area contributed by atoms with Crippen molar-refractivity contribution in [1.82, 2.24) is 21.3 Å². The van der Waals surface area contributed by atoms with Crippen molar-refractivity contribution in [1.29, 1.82) is 0 Å². The summed E-state index contributed by atoms with van der Waals surface area (Å²) in [6.07, 6.45) is 7.20. The molecule has 4 rings (SSSR count). The molecule has 0 bridgehead atoms. The first kappa shape index (κ1) is 19.7. The summed E-state index contributed by atoms with van der Waals surface area (Å²) >= 11 is 0. The lowest BCUT2D eigenvalue weighted by Crippen LogP contribution is -2.32. The number of rotatable bonds is 4. The predicted octanol–water partition coefficient (Wildman–Crippen LogP) is -0.317. The van der Waals surface area contributed by atoms with Gasteiger partial charge in [-0.2, -0.15) is 0 Å². The first-order chi connectivity index (χ1) is 13.3. The molecule has 4 unspecified atom stereocenters. The van der Waals surface area contributed by atoms with Crippen molar-refractivity contribution in [2.75, 3.05) is 0 Å². The van der Waals surface area contributed by atoms with Crippen LogP contribution in [0.1, 0.15) is 38.5 Å². The monoisotopic (exact) mass is 390 g/mol. The molecule has 10 heteroatoms. The number of hydrogen-bond donors (Lipinski definition) is 4. The van der Waals surface area contributed by atoms with Crippen LogP contribution in [-0.4, -0.2) is 47.5 Å². The molecule has 0 radical (unpaired) electrons. The zero-order valence-corrected chi connectivity index (χ0v) is 15.2. The Morgan fingerprint density at radius 2 is 1.39 bits per heavy atom. The molecular formula is C18H22N4O6. The van der Waals surface area contributed by atoms with Gasteiger partial charge in [-0.15, -0.1) is 0 Å². The molecule has 2 saturated heterocycles. The molecule has 0 aromatic heterocycles. The SMILES string of the molecule is O=C1NC(=O)C(CC2CC=CC2=O)N1.O=C1NC(=O)C(CC2CCCC2=O)N1. The number of hydrogen-bond acceptors (Lipinski definition) is 6. The Hall–Kier alpha value is -3.04. The van der Waals surface area contributed by atoms with E-state index in [1.807, 2.05) is 0 Å². The van der Waals surface area contributed by atoms with Crippen molar-refractivity contribution in [2.45, 2.75) is 50.6 Å². The van der Waals surface area contributed by atoms with Gasteiger partial charge in [-0.1, -0.05) is 6.08 Å². The Morgan fingerprint density at radius 1 is 0.821 bits per heavy atom. The van der Waals surface area contributed by atoms with Crippen LogP contribution < -0.4 is 21.3 Å². The van der Waals surface area contributed by atoms with E-state index in [9.17, 15) is 28.8 Å². The normalized spacial score (nSPS) is 31.3. The summed E-state index contributed by atoms with van der Waals surface area (Å²) in [4.78, 5) is 66.4. The highest BCUT2D eigenvalue weighted by Crippen LogP contribution is 2.26. The molecule has 0 aromatic carbocycles. The molecule has 4 aliphatic rings. The van der Waals surface area contributed by atoms with Gasteiger partial charge < -0.3 is 10.6 Å². The van der Waals surface area contributed by atoms with E-state index in [0.717, 1.165) is 12.8 Å². The highest BCUT2D eigenvalue weighted by Gasteiger charge is 2.35. The maximum Gasteiger partial charge on any atom is 0.322 e. The number of nitrogens with one attached hydrogen (secondary N) is 4. The van der Waals surface area contributed by atoms with Crippen LogP contribution in [0.15, 0.2) is 12.2 Å². The minimum absolute atomic E-state index is 0.0378. The van der Waals surface area contributed by atoms with Crippen LogP contribution in [0.25, 0.3) is 0 Å². The summed E-state index contributed by atoms with van der Waals surface area (Å²) in [6.45, 7) is 0. The van der Waals surface area contributed by atoms with Crippen molar-refractivity contribution in [3.05, 3.63) is 12.2 Å². The van der Waals surface area contributed by atoms with Crippen molar-refractivity contribution >= 4 is 35.4 Å². The molecule has 0 aromatic rings. The van der Waals surface area contributed by atoms with Crippen molar-refractivity contribution < 1.29 is 28.8 Å². The Morgan fingerprint density at radius 3 is 1.79 bits per heavy atom.